The van der Waals surface area contributed by atoms with Crippen molar-refractivity contribution in [1.82, 2.24) is 34.2 Å². The minimum Gasteiger partial charge on any atom is -0.394 e. The van der Waals surface area contributed by atoms with Crippen molar-refractivity contribution in [3.63, 3.8) is 0 Å². The van der Waals surface area contributed by atoms with E-state index in [2.05, 4.69) is 22.2 Å². The van der Waals surface area contributed by atoms with E-state index >= 15 is 0 Å². The Morgan fingerprint density at radius 3 is 2.48 bits per heavy atom. The van der Waals surface area contributed by atoms with Gasteiger partial charge >= 0.3 is 0 Å². The number of aliphatic hydroxyl groups excluding tert-OH is 2. The molecule has 0 aliphatic rings. The lowest BCUT2D eigenvalue weighted by molar-refractivity contribution is 0.0783. The fourth-order valence-corrected chi connectivity index (χ4v) is 2.99. The average molecular weight is 397 g/mol. The molecule has 4 heterocycles. The SMILES string of the molecule is CC.CCCn1cc(-c2nc(-c3cnn(CC(O)CO)c3)cn3nccc23)cn1. The molecular formula is C20H27N7O2. The van der Waals surface area contributed by atoms with Crippen molar-refractivity contribution in [3.05, 3.63) is 43.2 Å². The molecule has 0 radical (unpaired) electrons. The molecule has 0 spiro atoms. The first-order chi connectivity index (χ1) is 14.2. The van der Waals surface area contributed by atoms with Crippen molar-refractivity contribution in [2.24, 2.45) is 0 Å². The summed E-state index contributed by atoms with van der Waals surface area (Å²) < 4.78 is 5.28. The molecule has 0 saturated carbocycles. The number of aromatic nitrogens is 7. The van der Waals surface area contributed by atoms with Gasteiger partial charge in [0.1, 0.15) is 0 Å². The van der Waals surface area contributed by atoms with Crippen LogP contribution in [0.4, 0.5) is 0 Å². The quantitative estimate of drug-likeness (QED) is 0.495. The smallest absolute Gasteiger partial charge is 0.0999 e. The molecule has 9 heteroatoms. The maximum Gasteiger partial charge on any atom is 0.0999 e. The molecule has 0 aromatic carbocycles. The number of aryl methyl sites for hydroxylation is 1. The van der Waals surface area contributed by atoms with Gasteiger partial charge in [-0.1, -0.05) is 20.8 Å². The van der Waals surface area contributed by atoms with Gasteiger partial charge in [-0.3, -0.25) is 9.36 Å². The summed E-state index contributed by atoms with van der Waals surface area (Å²) in [5, 5.41) is 31.6. The van der Waals surface area contributed by atoms with Crippen LogP contribution < -0.4 is 0 Å². The molecule has 0 bridgehead atoms. The van der Waals surface area contributed by atoms with Crippen LogP contribution in [0.25, 0.3) is 28.0 Å². The Hall–Kier alpha value is -3.04. The second-order valence-corrected chi connectivity index (χ2v) is 6.42. The Bertz CT molecular complexity index is 1050. The molecule has 0 amide bonds. The molecule has 4 aromatic heterocycles. The van der Waals surface area contributed by atoms with Crippen LogP contribution in [0.3, 0.4) is 0 Å². The van der Waals surface area contributed by atoms with Crippen LogP contribution in [0.15, 0.2) is 43.2 Å². The van der Waals surface area contributed by atoms with E-state index in [0.29, 0.717) is 5.69 Å². The third kappa shape index (κ3) is 4.52. The summed E-state index contributed by atoms with van der Waals surface area (Å²) in [5.74, 6) is 0. The van der Waals surface area contributed by atoms with Crippen LogP contribution in [0, 0.1) is 0 Å². The molecule has 0 aliphatic carbocycles. The monoisotopic (exact) mass is 397 g/mol. The van der Waals surface area contributed by atoms with E-state index in [-0.39, 0.29) is 13.2 Å². The van der Waals surface area contributed by atoms with Crippen molar-refractivity contribution in [1.29, 1.82) is 0 Å². The minimum atomic E-state index is -0.848. The number of nitrogens with zero attached hydrogens (tertiary/aromatic N) is 7. The van der Waals surface area contributed by atoms with E-state index < -0.39 is 6.10 Å². The summed E-state index contributed by atoms with van der Waals surface area (Å²) in [6.45, 7) is 6.88. The number of fused-ring (bicyclic) bond motifs is 1. The molecule has 4 rings (SSSR count). The highest BCUT2D eigenvalue weighted by atomic mass is 16.3. The van der Waals surface area contributed by atoms with Crippen molar-refractivity contribution >= 4 is 5.52 Å². The fourth-order valence-electron chi connectivity index (χ4n) is 2.99. The van der Waals surface area contributed by atoms with E-state index in [1.165, 1.54) is 0 Å². The minimum absolute atomic E-state index is 0.219. The maximum atomic E-state index is 9.59. The van der Waals surface area contributed by atoms with Crippen LogP contribution in [0.2, 0.25) is 0 Å². The van der Waals surface area contributed by atoms with Crippen molar-refractivity contribution in [2.75, 3.05) is 6.61 Å². The zero-order valence-electron chi connectivity index (χ0n) is 17.0. The number of hydrogen-bond acceptors (Lipinski definition) is 6. The molecule has 1 unspecified atom stereocenters. The summed E-state index contributed by atoms with van der Waals surface area (Å²) in [4.78, 5) is 4.82. The topological polar surface area (TPSA) is 106 Å². The Kier molecular flexibility index (Phi) is 6.73. The first kappa shape index (κ1) is 20.7. The highest BCUT2D eigenvalue weighted by Crippen LogP contribution is 2.26. The molecule has 0 fully saturated rings. The predicted molar refractivity (Wildman–Crippen MR) is 110 cm³/mol. The fraction of sp³-hybridized carbons (Fsp3) is 0.400. The Morgan fingerprint density at radius 2 is 1.72 bits per heavy atom. The van der Waals surface area contributed by atoms with Gasteiger partial charge in [0.25, 0.3) is 0 Å². The molecule has 29 heavy (non-hydrogen) atoms. The highest BCUT2D eigenvalue weighted by Gasteiger charge is 2.14. The lowest BCUT2D eigenvalue weighted by Crippen LogP contribution is -2.19. The summed E-state index contributed by atoms with van der Waals surface area (Å²) in [7, 11) is 0. The van der Waals surface area contributed by atoms with Crippen molar-refractivity contribution < 1.29 is 10.2 Å². The van der Waals surface area contributed by atoms with Crippen LogP contribution in [0.1, 0.15) is 27.2 Å². The highest BCUT2D eigenvalue weighted by molar-refractivity contribution is 5.78. The summed E-state index contributed by atoms with van der Waals surface area (Å²) >= 11 is 0. The largest absolute Gasteiger partial charge is 0.394 e. The van der Waals surface area contributed by atoms with E-state index in [9.17, 15) is 5.11 Å². The van der Waals surface area contributed by atoms with Crippen molar-refractivity contribution in [3.8, 4) is 22.5 Å². The van der Waals surface area contributed by atoms with Crippen LogP contribution >= 0.6 is 0 Å². The number of hydrogen-bond donors (Lipinski definition) is 2. The first-order valence-electron chi connectivity index (χ1n) is 9.87. The zero-order valence-corrected chi connectivity index (χ0v) is 17.0. The van der Waals surface area contributed by atoms with Gasteiger partial charge in [-0.25, -0.2) is 9.50 Å². The summed E-state index contributed by atoms with van der Waals surface area (Å²) in [6.07, 6.45) is 11.0. The van der Waals surface area contributed by atoms with Gasteiger partial charge in [0.05, 0.1) is 60.9 Å². The average Bonchev–Trinajstić information content (AvgIpc) is 3.49. The van der Waals surface area contributed by atoms with Gasteiger partial charge in [0, 0.05) is 30.1 Å². The molecular weight excluding hydrogens is 370 g/mol. The van der Waals surface area contributed by atoms with Gasteiger partial charge in [-0.15, -0.1) is 0 Å². The standard InChI is InChI=1S/C18H21N7O2.C2H6/c1-2-5-23-9-14(7-20-23)18-17-3-4-19-25(17)11-16(22-18)13-6-21-24(8-13)10-15(27)12-26;1-2/h3-4,6-9,11,15,26-27H,2,5,10,12H2,1H3;1-2H3. The van der Waals surface area contributed by atoms with Gasteiger partial charge in [-0.2, -0.15) is 15.3 Å². The lowest BCUT2D eigenvalue weighted by Gasteiger charge is -2.06. The lowest BCUT2D eigenvalue weighted by atomic mass is 10.2. The third-order valence-corrected chi connectivity index (χ3v) is 4.29. The molecule has 0 aliphatic heterocycles. The second-order valence-electron chi connectivity index (χ2n) is 6.42. The Morgan fingerprint density at radius 1 is 1.00 bits per heavy atom. The van der Waals surface area contributed by atoms with E-state index in [1.807, 2.05) is 43.2 Å². The van der Waals surface area contributed by atoms with Crippen molar-refractivity contribution in [2.45, 2.75) is 46.4 Å². The summed E-state index contributed by atoms with van der Waals surface area (Å²) in [6, 6.07) is 1.92. The maximum absolute atomic E-state index is 9.59. The van der Waals surface area contributed by atoms with E-state index in [4.69, 9.17) is 10.1 Å². The van der Waals surface area contributed by atoms with E-state index in [0.717, 1.165) is 35.3 Å². The van der Waals surface area contributed by atoms with Crippen LogP contribution in [-0.2, 0) is 13.1 Å². The first-order valence-corrected chi connectivity index (χ1v) is 9.87. The Balaban J connectivity index is 0.00000117. The molecule has 0 saturated heterocycles. The molecule has 2 N–H and O–H groups in total. The third-order valence-electron chi connectivity index (χ3n) is 4.29. The molecule has 4 aromatic rings. The predicted octanol–water partition coefficient (Wildman–Crippen LogP) is 2.25. The van der Waals surface area contributed by atoms with Crippen LogP contribution in [0.5, 0.6) is 0 Å². The van der Waals surface area contributed by atoms with E-state index in [1.54, 1.807) is 27.8 Å². The normalized spacial score (nSPS) is 12.0. The van der Waals surface area contributed by atoms with Gasteiger partial charge in [-0.05, 0) is 12.5 Å². The number of aliphatic hydroxyl groups is 2. The zero-order chi connectivity index (χ0) is 20.8. The summed E-state index contributed by atoms with van der Waals surface area (Å²) in [5.41, 5.74) is 4.15. The Labute approximate surface area is 169 Å². The second kappa shape index (κ2) is 9.44. The number of rotatable bonds is 7. The molecule has 154 valence electrons. The van der Waals surface area contributed by atoms with Gasteiger partial charge < -0.3 is 10.2 Å². The molecule has 1 atom stereocenters. The van der Waals surface area contributed by atoms with Crippen LogP contribution in [-0.4, -0.2) is 57.1 Å². The van der Waals surface area contributed by atoms with Gasteiger partial charge in [0.15, 0.2) is 0 Å². The van der Waals surface area contributed by atoms with Gasteiger partial charge in [0.2, 0.25) is 0 Å². The molecule has 9 nitrogen and oxygen atoms in total.